The molecule has 0 spiro atoms. The highest BCUT2D eigenvalue weighted by molar-refractivity contribution is 6.07. The van der Waals surface area contributed by atoms with Gasteiger partial charge in [-0.3, -0.25) is 9.59 Å². The zero-order valence-corrected chi connectivity index (χ0v) is 26.1. The minimum Gasteiger partial charge on any atom is -0.497 e. The Bertz CT molecular complexity index is 1720. The van der Waals surface area contributed by atoms with E-state index in [1.165, 1.54) is 25.9 Å². The minimum atomic E-state index is -0.121. The number of ether oxygens (including phenoxy) is 2. The zero-order valence-electron chi connectivity index (χ0n) is 26.1. The van der Waals surface area contributed by atoms with Gasteiger partial charge in [-0.05, 0) is 98.4 Å². The molecule has 2 amide bonds. The van der Waals surface area contributed by atoms with Gasteiger partial charge in [0.1, 0.15) is 17.2 Å². The third-order valence-electron chi connectivity index (χ3n) is 9.70. The summed E-state index contributed by atoms with van der Waals surface area (Å²) in [7, 11) is 3.26. The summed E-state index contributed by atoms with van der Waals surface area (Å²) in [5.41, 5.74) is 5.85. The van der Waals surface area contributed by atoms with E-state index in [4.69, 9.17) is 9.47 Å². The standard InChI is InChI=1S/C37H40N4O4/c1-44-31-10-7-9-26(22-31)32-14-12-27(23-35(32)45-2)36(42)41-25-30-13-15-34(40(30)24-28-8-3-4-11-33(28)41)37(43)39-20-16-29(17-21-39)38-18-5-6-19-38/h3-4,7-15,22-23,29H,5-6,16-21,24-25H2,1-2H3. The number of benzene rings is 3. The molecule has 8 heteroatoms. The molecule has 3 aliphatic heterocycles. The summed E-state index contributed by atoms with van der Waals surface area (Å²) < 4.78 is 13.3. The van der Waals surface area contributed by atoms with E-state index in [9.17, 15) is 9.59 Å². The van der Waals surface area contributed by atoms with Gasteiger partial charge in [-0.25, -0.2) is 0 Å². The van der Waals surface area contributed by atoms with Crippen molar-refractivity contribution >= 4 is 17.5 Å². The van der Waals surface area contributed by atoms with Crippen molar-refractivity contribution in [2.24, 2.45) is 0 Å². The molecule has 4 heterocycles. The summed E-state index contributed by atoms with van der Waals surface area (Å²) in [6, 6.07) is 25.9. The summed E-state index contributed by atoms with van der Waals surface area (Å²) in [5, 5.41) is 0. The maximum atomic E-state index is 14.2. The van der Waals surface area contributed by atoms with Gasteiger partial charge in [0.2, 0.25) is 0 Å². The van der Waals surface area contributed by atoms with E-state index >= 15 is 0 Å². The fraction of sp³-hybridized carbons (Fsp3) is 0.351. The number of hydrogen-bond donors (Lipinski definition) is 0. The molecule has 0 radical (unpaired) electrons. The topological polar surface area (TPSA) is 67.2 Å². The van der Waals surface area contributed by atoms with Crippen LogP contribution in [-0.2, 0) is 13.1 Å². The number of amides is 2. The van der Waals surface area contributed by atoms with Crippen molar-refractivity contribution in [2.45, 2.75) is 44.8 Å². The quantitative estimate of drug-likeness (QED) is 0.267. The van der Waals surface area contributed by atoms with Gasteiger partial charge in [0.05, 0.1) is 27.3 Å². The van der Waals surface area contributed by atoms with E-state index in [0.717, 1.165) is 59.8 Å². The van der Waals surface area contributed by atoms with Crippen LogP contribution >= 0.6 is 0 Å². The van der Waals surface area contributed by atoms with Crippen molar-refractivity contribution in [3.8, 4) is 22.6 Å². The van der Waals surface area contributed by atoms with Crippen LogP contribution in [0.25, 0.3) is 11.1 Å². The van der Waals surface area contributed by atoms with Gasteiger partial charge in [0, 0.05) is 41.6 Å². The lowest BCUT2D eigenvalue weighted by atomic mass is 10.0. The van der Waals surface area contributed by atoms with Gasteiger partial charge in [0.15, 0.2) is 0 Å². The number of nitrogens with zero attached hydrogens (tertiary/aromatic N) is 4. The first kappa shape index (κ1) is 29.2. The third kappa shape index (κ3) is 5.59. The van der Waals surface area contributed by atoms with Crippen LogP contribution in [0.4, 0.5) is 5.69 Å². The maximum absolute atomic E-state index is 14.2. The largest absolute Gasteiger partial charge is 0.497 e. The van der Waals surface area contributed by atoms with Gasteiger partial charge in [-0.1, -0.05) is 30.3 Å². The normalized spacial score (nSPS) is 17.0. The fourth-order valence-electron chi connectivity index (χ4n) is 7.24. The predicted molar refractivity (Wildman–Crippen MR) is 175 cm³/mol. The molecule has 2 fully saturated rings. The average molecular weight is 605 g/mol. The number of likely N-dealkylation sites (tertiary alicyclic amines) is 2. The maximum Gasteiger partial charge on any atom is 0.270 e. The van der Waals surface area contributed by atoms with Gasteiger partial charge in [-0.2, -0.15) is 0 Å². The van der Waals surface area contributed by atoms with Crippen LogP contribution < -0.4 is 14.4 Å². The van der Waals surface area contributed by atoms with E-state index in [-0.39, 0.29) is 11.8 Å². The van der Waals surface area contributed by atoms with E-state index < -0.39 is 0 Å². The Morgan fingerprint density at radius 1 is 0.756 bits per heavy atom. The molecular weight excluding hydrogens is 564 g/mol. The van der Waals surface area contributed by atoms with Crippen molar-refractivity contribution in [1.82, 2.24) is 14.4 Å². The molecule has 2 saturated heterocycles. The summed E-state index contributed by atoms with van der Waals surface area (Å²) in [4.78, 5) is 34.6. The molecule has 8 nitrogen and oxygen atoms in total. The third-order valence-corrected chi connectivity index (χ3v) is 9.70. The van der Waals surface area contributed by atoms with Gasteiger partial charge in [-0.15, -0.1) is 0 Å². The lowest BCUT2D eigenvalue weighted by Crippen LogP contribution is -2.46. The van der Waals surface area contributed by atoms with Crippen molar-refractivity contribution in [2.75, 3.05) is 45.3 Å². The molecule has 0 atom stereocenters. The second-order valence-electron chi connectivity index (χ2n) is 12.2. The smallest absolute Gasteiger partial charge is 0.270 e. The molecule has 45 heavy (non-hydrogen) atoms. The van der Waals surface area contributed by atoms with Gasteiger partial charge >= 0.3 is 0 Å². The SMILES string of the molecule is COc1cccc(-c2ccc(C(=O)N3Cc4ccc(C(=O)N5CCC(N6CCCC6)CC5)n4Cc4ccccc43)cc2OC)c1. The molecule has 0 saturated carbocycles. The summed E-state index contributed by atoms with van der Waals surface area (Å²) in [6.07, 6.45) is 4.65. The van der Waals surface area contributed by atoms with Crippen molar-refractivity contribution in [3.63, 3.8) is 0 Å². The number of anilines is 1. The van der Waals surface area contributed by atoms with E-state index in [0.29, 0.717) is 36.1 Å². The molecule has 0 N–H and O–H groups in total. The van der Waals surface area contributed by atoms with Crippen LogP contribution in [0.3, 0.4) is 0 Å². The van der Waals surface area contributed by atoms with E-state index in [2.05, 4.69) is 9.47 Å². The van der Waals surface area contributed by atoms with E-state index in [1.807, 2.05) is 88.7 Å². The van der Waals surface area contributed by atoms with E-state index in [1.54, 1.807) is 14.2 Å². The predicted octanol–water partition coefficient (Wildman–Crippen LogP) is 6.08. The number of hydrogen-bond acceptors (Lipinski definition) is 5. The Labute approximate surface area is 264 Å². The number of piperidine rings is 1. The molecule has 232 valence electrons. The molecule has 7 rings (SSSR count). The average Bonchev–Trinajstić information content (AvgIpc) is 3.74. The Morgan fingerprint density at radius 3 is 2.33 bits per heavy atom. The van der Waals surface area contributed by atoms with Crippen LogP contribution in [0.15, 0.2) is 78.9 Å². The van der Waals surface area contributed by atoms with Gasteiger partial charge < -0.3 is 28.7 Å². The Balaban J connectivity index is 1.15. The summed E-state index contributed by atoms with van der Waals surface area (Å²) in [5.74, 6) is 1.32. The fourth-order valence-corrected chi connectivity index (χ4v) is 7.24. The first-order valence-corrected chi connectivity index (χ1v) is 16.0. The number of aromatic nitrogens is 1. The van der Waals surface area contributed by atoms with Crippen LogP contribution in [0.5, 0.6) is 11.5 Å². The molecule has 4 aromatic rings. The number of carbonyl (C=O) groups excluding carboxylic acids is 2. The minimum absolute atomic E-state index is 0.0799. The van der Waals surface area contributed by atoms with Crippen LogP contribution in [-0.4, -0.2) is 72.6 Å². The summed E-state index contributed by atoms with van der Waals surface area (Å²) >= 11 is 0. The van der Waals surface area contributed by atoms with Gasteiger partial charge in [0.25, 0.3) is 11.8 Å². The molecule has 3 aliphatic rings. The van der Waals surface area contributed by atoms with Crippen molar-refractivity contribution in [3.05, 3.63) is 101 Å². The lowest BCUT2D eigenvalue weighted by molar-refractivity contribution is 0.0634. The number of rotatable bonds is 6. The second kappa shape index (κ2) is 12.4. The number of fused-ring (bicyclic) bond motifs is 2. The number of para-hydroxylation sites is 1. The highest BCUT2D eigenvalue weighted by Gasteiger charge is 2.32. The van der Waals surface area contributed by atoms with Crippen molar-refractivity contribution < 1.29 is 19.1 Å². The molecule has 0 unspecified atom stereocenters. The Morgan fingerprint density at radius 2 is 1.56 bits per heavy atom. The van der Waals surface area contributed by atoms with Crippen molar-refractivity contribution in [1.29, 1.82) is 0 Å². The molecule has 0 aliphatic carbocycles. The molecule has 0 bridgehead atoms. The second-order valence-corrected chi connectivity index (χ2v) is 12.2. The summed E-state index contributed by atoms with van der Waals surface area (Å²) in [6.45, 7) is 4.85. The Kier molecular flexibility index (Phi) is 8.06. The number of methoxy groups -OCH3 is 2. The first-order chi connectivity index (χ1) is 22.0. The lowest BCUT2D eigenvalue weighted by Gasteiger charge is -2.36. The highest BCUT2D eigenvalue weighted by atomic mass is 16.5. The van der Waals surface area contributed by atoms with Crippen LogP contribution in [0.1, 0.15) is 57.8 Å². The monoisotopic (exact) mass is 604 g/mol. The first-order valence-electron chi connectivity index (χ1n) is 16.0. The zero-order chi connectivity index (χ0) is 30.9. The molecular formula is C37H40N4O4. The van der Waals surface area contributed by atoms with Crippen LogP contribution in [0.2, 0.25) is 0 Å². The Hall–Kier alpha value is -4.56. The van der Waals surface area contributed by atoms with Crippen LogP contribution in [0, 0.1) is 0 Å². The number of carbonyl (C=O) groups is 2. The highest BCUT2D eigenvalue weighted by Crippen LogP contribution is 2.35. The molecule has 1 aromatic heterocycles. The molecule has 3 aromatic carbocycles.